The Morgan fingerprint density at radius 3 is 2.70 bits per heavy atom. The lowest BCUT2D eigenvalue weighted by molar-refractivity contribution is 0.0215. The van der Waals surface area contributed by atoms with E-state index in [1.165, 1.54) is 12.8 Å². The van der Waals surface area contributed by atoms with Crippen molar-refractivity contribution in [3.05, 3.63) is 42.1 Å². The summed E-state index contributed by atoms with van der Waals surface area (Å²) in [5.74, 6) is 1.07. The third kappa shape index (κ3) is 2.65. The number of amides is 1. The second-order valence-electron chi connectivity index (χ2n) is 6.56. The van der Waals surface area contributed by atoms with Crippen LogP contribution in [0, 0.1) is 5.92 Å². The highest BCUT2D eigenvalue weighted by atomic mass is 16.5. The molecule has 2 aromatic rings. The van der Waals surface area contributed by atoms with Gasteiger partial charge in [0.2, 0.25) is 0 Å². The fraction of sp³-hybridized carbons (Fsp3) is 0.444. The number of nitrogens with zero attached hydrogens (tertiary/aromatic N) is 2. The summed E-state index contributed by atoms with van der Waals surface area (Å²) in [5.41, 5.74) is 1.28. The summed E-state index contributed by atoms with van der Waals surface area (Å²) in [7, 11) is 0. The molecule has 4 heterocycles. The van der Waals surface area contributed by atoms with Crippen LogP contribution in [-0.2, 0) is 0 Å². The van der Waals surface area contributed by atoms with E-state index in [-0.39, 0.29) is 11.9 Å². The van der Waals surface area contributed by atoms with E-state index >= 15 is 0 Å². The minimum atomic E-state index is -0.137. The van der Waals surface area contributed by atoms with E-state index in [9.17, 15) is 4.79 Å². The van der Waals surface area contributed by atoms with Gasteiger partial charge in [-0.2, -0.15) is 0 Å². The van der Waals surface area contributed by atoms with Crippen LogP contribution < -0.4 is 5.32 Å². The molecule has 23 heavy (non-hydrogen) atoms. The van der Waals surface area contributed by atoms with Gasteiger partial charge in [0.1, 0.15) is 0 Å². The third-order valence-corrected chi connectivity index (χ3v) is 5.28. The topological polar surface area (TPSA) is 58.4 Å². The van der Waals surface area contributed by atoms with E-state index in [0.717, 1.165) is 18.7 Å². The van der Waals surface area contributed by atoms with Gasteiger partial charge in [0.05, 0.1) is 0 Å². The molecule has 1 aromatic heterocycles. The van der Waals surface area contributed by atoms with Crippen molar-refractivity contribution < 1.29 is 9.32 Å². The fourth-order valence-corrected chi connectivity index (χ4v) is 3.89. The maximum Gasteiger partial charge on any atom is 0.273 e. The normalized spacial score (nSPS) is 29.4. The molecule has 2 atom stereocenters. The maximum atomic E-state index is 12.5. The average molecular weight is 311 g/mol. The molecule has 0 radical (unpaired) electrons. The monoisotopic (exact) mass is 311 g/mol. The van der Waals surface area contributed by atoms with Gasteiger partial charge in [-0.1, -0.05) is 35.5 Å². The van der Waals surface area contributed by atoms with Crippen LogP contribution in [0.5, 0.6) is 0 Å². The summed E-state index contributed by atoms with van der Waals surface area (Å²) in [6.07, 6.45) is 2.34. The summed E-state index contributed by atoms with van der Waals surface area (Å²) in [4.78, 5) is 15.0. The first-order valence-corrected chi connectivity index (χ1v) is 8.29. The van der Waals surface area contributed by atoms with Crippen molar-refractivity contribution >= 4 is 5.91 Å². The van der Waals surface area contributed by atoms with Gasteiger partial charge in [-0.3, -0.25) is 9.69 Å². The molecule has 3 aliphatic rings. The van der Waals surface area contributed by atoms with E-state index in [1.807, 2.05) is 30.3 Å². The lowest BCUT2D eigenvalue weighted by atomic mass is 9.79. The molecule has 0 spiro atoms. The Balaban J connectivity index is 1.49. The highest BCUT2D eigenvalue weighted by Gasteiger charge is 2.40. The quantitative estimate of drug-likeness (QED) is 0.946. The van der Waals surface area contributed by atoms with E-state index in [2.05, 4.69) is 22.3 Å². The highest BCUT2D eigenvalue weighted by Crippen LogP contribution is 2.32. The van der Waals surface area contributed by atoms with Crippen molar-refractivity contribution in [2.75, 3.05) is 13.1 Å². The van der Waals surface area contributed by atoms with Gasteiger partial charge < -0.3 is 9.84 Å². The first-order chi connectivity index (χ1) is 11.2. The maximum absolute atomic E-state index is 12.5. The Labute approximate surface area is 135 Å². The molecule has 3 fully saturated rings. The Kier molecular flexibility index (Phi) is 3.65. The van der Waals surface area contributed by atoms with Crippen LogP contribution in [0.15, 0.2) is 40.9 Å². The molecule has 5 heteroatoms. The molecule has 0 unspecified atom stereocenters. The predicted octanol–water partition coefficient (Wildman–Crippen LogP) is 2.55. The Bertz CT molecular complexity index is 687. The molecular weight excluding hydrogens is 290 g/mol. The summed E-state index contributed by atoms with van der Waals surface area (Å²) in [5, 5.41) is 7.12. The highest BCUT2D eigenvalue weighted by molar-refractivity contribution is 5.93. The SMILES string of the molecule is C[C@H]1[C@H](NC(=O)c2cc(-c3ccccc3)on2)C2CCN1CC2. The molecule has 0 aliphatic carbocycles. The van der Waals surface area contributed by atoms with Crippen LogP contribution in [-0.4, -0.2) is 41.1 Å². The summed E-state index contributed by atoms with van der Waals surface area (Å²) in [6, 6.07) is 12.0. The van der Waals surface area contributed by atoms with Crippen molar-refractivity contribution in [1.29, 1.82) is 0 Å². The summed E-state index contributed by atoms with van der Waals surface area (Å²) >= 11 is 0. The van der Waals surface area contributed by atoms with E-state index in [0.29, 0.717) is 23.4 Å². The van der Waals surface area contributed by atoms with Crippen molar-refractivity contribution in [3.8, 4) is 11.3 Å². The van der Waals surface area contributed by atoms with Gasteiger partial charge >= 0.3 is 0 Å². The minimum Gasteiger partial charge on any atom is -0.355 e. The van der Waals surface area contributed by atoms with Gasteiger partial charge in [-0.05, 0) is 38.8 Å². The van der Waals surface area contributed by atoms with Crippen molar-refractivity contribution in [3.63, 3.8) is 0 Å². The molecule has 3 saturated heterocycles. The first-order valence-electron chi connectivity index (χ1n) is 8.29. The smallest absolute Gasteiger partial charge is 0.273 e. The minimum absolute atomic E-state index is 0.137. The van der Waals surface area contributed by atoms with Gasteiger partial charge in [0, 0.05) is 23.7 Å². The van der Waals surface area contributed by atoms with Gasteiger partial charge in [-0.15, -0.1) is 0 Å². The Hall–Kier alpha value is -2.14. The van der Waals surface area contributed by atoms with Crippen LogP contribution in [0.2, 0.25) is 0 Å². The van der Waals surface area contributed by atoms with Gasteiger partial charge in [-0.25, -0.2) is 0 Å². The number of hydrogen-bond acceptors (Lipinski definition) is 4. The van der Waals surface area contributed by atoms with Crippen LogP contribution in [0.3, 0.4) is 0 Å². The van der Waals surface area contributed by atoms with Crippen LogP contribution in [0.25, 0.3) is 11.3 Å². The molecule has 2 bridgehead atoms. The third-order valence-electron chi connectivity index (χ3n) is 5.28. The zero-order chi connectivity index (χ0) is 15.8. The van der Waals surface area contributed by atoms with Gasteiger partial charge in [0.25, 0.3) is 5.91 Å². The van der Waals surface area contributed by atoms with Crippen LogP contribution >= 0.6 is 0 Å². The number of rotatable bonds is 3. The standard InChI is InChI=1S/C18H21N3O2/c1-12-17(14-7-9-21(12)10-8-14)19-18(22)15-11-16(23-20-15)13-5-3-2-4-6-13/h2-6,11-12,14,17H,7-10H2,1H3,(H,19,22)/t12-,17-/m0/s1. The lowest BCUT2D eigenvalue weighted by Crippen LogP contribution is -2.62. The number of carbonyl (C=O) groups excluding carboxylic acids is 1. The number of nitrogens with one attached hydrogen (secondary N) is 1. The molecule has 0 saturated carbocycles. The molecule has 1 aromatic carbocycles. The van der Waals surface area contributed by atoms with Crippen LogP contribution in [0.1, 0.15) is 30.3 Å². The molecule has 1 amide bonds. The molecule has 3 aliphatic heterocycles. The number of carbonyl (C=O) groups is 1. The van der Waals surface area contributed by atoms with E-state index in [1.54, 1.807) is 6.07 Å². The number of hydrogen-bond donors (Lipinski definition) is 1. The predicted molar refractivity (Wildman–Crippen MR) is 87.0 cm³/mol. The molecule has 5 nitrogen and oxygen atoms in total. The number of fused-ring (bicyclic) bond motifs is 3. The molecule has 120 valence electrons. The molecule has 1 N–H and O–H groups in total. The zero-order valence-corrected chi connectivity index (χ0v) is 13.2. The lowest BCUT2D eigenvalue weighted by Gasteiger charge is -2.49. The van der Waals surface area contributed by atoms with Crippen molar-refractivity contribution in [2.45, 2.75) is 31.8 Å². The number of aromatic nitrogens is 1. The number of benzene rings is 1. The van der Waals surface area contributed by atoms with E-state index in [4.69, 9.17) is 4.52 Å². The fourth-order valence-electron chi connectivity index (χ4n) is 3.89. The van der Waals surface area contributed by atoms with Crippen LogP contribution in [0.4, 0.5) is 0 Å². The second-order valence-corrected chi connectivity index (χ2v) is 6.56. The Morgan fingerprint density at radius 2 is 2.00 bits per heavy atom. The van der Waals surface area contributed by atoms with Crippen molar-refractivity contribution in [2.24, 2.45) is 5.92 Å². The first kappa shape index (κ1) is 14.5. The number of piperidine rings is 3. The molecular formula is C18H21N3O2. The second kappa shape index (κ2) is 5.81. The summed E-state index contributed by atoms with van der Waals surface area (Å²) < 4.78 is 5.33. The zero-order valence-electron chi connectivity index (χ0n) is 13.2. The molecule has 5 rings (SSSR count). The Morgan fingerprint density at radius 1 is 1.26 bits per heavy atom. The van der Waals surface area contributed by atoms with Gasteiger partial charge in [0.15, 0.2) is 11.5 Å². The largest absolute Gasteiger partial charge is 0.355 e. The average Bonchev–Trinajstić information content (AvgIpc) is 3.09. The summed E-state index contributed by atoms with van der Waals surface area (Å²) in [6.45, 7) is 4.51. The van der Waals surface area contributed by atoms with Crippen molar-refractivity contribution in [1.82, 2.24) is 15.4 Å². The van der Waals surface area contributed by atoms with E-state index < -0.39 is 0 Å².